The predicted octanol–water partition coefficient (Wildman–Crippen LogP) is -3.03. The minimum atomic E-state index is -2.31. The Morgan fingerprint density at radius 2 is 1.03 bits per heavy atom. The Kier molecular flexibility index (Phi) is 11.0. The Morgan fingerprint density at radius 1 is 0.636 bits per heavy atom. The van der Waals surface area contributed by atoms with Crippen LogP contribution in [0.15, 0.2) is 112 Å². The van der Waals surface area contributed by atoms with Crippen LogP contribution in [0, 0.1) is 0 Å². The van der Waals surface area contributed by atoms with E-state index < -0.39 is 8.07 Å². The van der Waals surface area contributed by atoms with Crippen LogP contribution in [-0.2, 0) is 26.5 Å². The van der Waals surface area contributed by atoms with Gasteiger partial charge in [0, 0.05) is 0 Å². The van der Waals surface area contributed by atoms with Crippen molar-refractivity contribution in [1.82, 2.24) is 0 Å². The molecule has 0 nitrogen and oxygen atoms in total. The maximum Gasteiger partial charge on any atom is -1.00 e. The summed E-state index contributed by atoms with van der Waals surface area (Å²) in [6, 6.07) is 34.9. The van der Waals surface area contributed by atoms with Gasteiger partial charge in [0.15, 0.2) is 0 Å². The topological polar surface area (TPSA) is 0 Å². The average Bonchev–Trinajstić information content (AvgIpc) is 2.95. The van der Waals surface area contributed by atoms with Gasteiger partial charge in [0.1, 0.15) is 0 Å². The van der Waals surface area contributed by atoms with Crippen molar-refractivity contribution in [1.29, 1.82) is 0 Å². The fourth-order valence-corrected chi connectivity index (χ4v) is 13.1. The Balaban J connectivity index is 0.00000181. The van der Waals surface area contributed by atoms with E-state index in [9.17, 15) is 0 Å². The van der Waals surface area contributed by atoms with Gasteiger partial charge in [-0.15, -0.1) is 0 Å². The van der Waals surface area contributed by atoms with Crippen LogP contribution in [0.5, 0.6) is 0 Å². The molecule has 170 valence electrons. The third-order valence-corrected chi connectivity index (χ3v) is 15.1. The molecule has 4 rings (SSSR count). The van der Waals surface area contributed by atoms with Gasteiger partial charge in [-0.05, 0) is 0 Å². The summed E-state index contributed by atoms with van der Waals surface area (Å²) in [7, 11) is -2.31. The van der Waals surface area contributed by atoms with Crippen LogP contribution in [0.25, 0.3) is 0 Å². The van der Waals surface area contributed by atoms with Gasteiger partial charge in [-0.1, -0.05) is 0 Å². The van der Waals surface area contributed by atoms with Crippen molar-refractivity contribution in [2.24, 2.45) is 0 Å². The summed E-state index contributed by atoms with van der Waals surface area (Å²) in [5.74, 6) is 0. The zero-order valence-corrected chi connectivity index (χ0v) is 24.3. The molecule has 0 saturated heterocycles. The molecule has 0 radical (unpaired) electrons. The Morgan fingerprint density at radius 3 is 1.39 bits per heavy atom. The molecular formula is C28H29Cl3SiTi. The summed E-state index contributed by atoms with van der Waals surface area (Å²) in [5.41, 5.74) is 5.94. The Bertz CT molecular complexity index is 1050. The maximum absolute atomic E-state index is 2.53. The Labute approximate surface area is 230 Å². The van der Waals surface area contributed by atoms with Gasteiger partial charge in [-0.2, -0.15) is 0 Å². The van der Waals surface area contributed by atoms with Crippen LogP contribution in [0.3, 0.4) is 0 Å². The molecule has 0 aliphatic heterocycles. The summed E-state index contributed by atoms with van der Waals surface area (Å²) >= 11 is 2.38. The van der Waals surface area contributed by atoms with Crippen molar-refractivity contribution in [3.05, 3.63) is 117 Å². The normalized spacial score (nSPS) is 17.8. The SMILES string of the molecule is CC1=C(C)C(C)([Si](Cc2ccccc2)(c2ccccc2)c2ccccc2)[C]([Ti+3])=C1C.[Cl-].[Cl-].[Cl-]. The average molecular weight is 548 g/mol. The standard InChI is InChI=1S/C28H29Si.3ClH.Ti/c1-22-20-28(4,24(3)23(22)2)29(26-16-10-6-11-17-26,27-18-12-7-13-19-27)21-25-14-8-5-9-15-25;;;;/h5-19H,21H2,1-4H3;3*1H;/q;;;;+3/p-3. The third-order valence-electron chi connectivity index (χ3n) is 7.45. The molecule has 1 aliphatic rings. The van der Waals surface area contributed by atoms with Crippen LogP contribution < -0.4 is 47.6 Å². The van der Waals surface area contributed by atoms with Gasteiger partial charge in [-0.3, -0.25) is 0 Å². The fraction of sp³-hybridized carbons (Fsp3) is 0.214. The van der Waals surface area contributed by atoms with Gasteiger partial charge in [0.05, 0.1) is 0 Å². The second-order valence-electron chi connectivity index (χ2n) is 8.67. The van der Waals surface area contributed by atoms with Crippen LogP contribution in [0.1, 0.15) is 33.3 Å². The van der Waals surface area contributed by atoms with Gasteiger partial charge in [-0.25, -0.2) is 0 Å². The number of benzene rings is 3. The van der Waals surface area contributed by atoms with E-state index in [4.69, 9.17) is 0 Å². The molecule has 0 spiro atoms. The van der Waals surface area contributed by atoms with E-state index in [1.807, 2.05) is 0 Å². The van der Waals surface area contributed by atoms with E-state index in [0.717, 1.165) is 6.04 Å². The zero-order valence-electron chi connectivity index (χ0n) is 19.5. The molecule has 5 heteroatoms. The van der Waals surface area contributed by atoms with Crippen molar-refractivity contribution in [2.45, 2.75) is 38.8 Å². The van der Waals surface area contributed by atoms with Gasteiger partial charge in [0.25, 0.3) is 0 Å². The number of halogens is 3. The first-order chi connectivity index (χ1) is 14.4. The summed E-state index contributed by atoms with van der Waals surface area (Å²) < 4.78 is 1.55. The predicted molar refractivity (Wildman–Crippen MR) is 127 cm³/mol. The van der Waals surface area contributed by atoms with Crippen molar-refractivity contribution in [3.8, 4) is 0 Å². The molecule has 1 unspecified atom stereocenters. The second-order valence-corrected chi connectivity index (χ2v) is 13.8. The minimum Gasteiger partial charge on any atom is -1.00 e. The largest absolute Gasteiger partial charge is 1.00 e. The van der Waals surface area contributed by atoms with E-state index in [2.05, 4.69) is 139 Å². The molecule has 0 aromatic heterocycles. The molecule has 0 saturated carbocycles. The minimum absolute atomic E-state index is 0. The van der Waals surface area contributed by atoms with Crippen molar-refractivity contribution < 1.29 is 57.7 Å². The van der Waals surface area contributed by atoms with Crippen LogP contribution in [-0.4, -0.2) is 8.07 Å². The smallest absolute Gasteiger partial charge is 1.00 e. The molecule has 0 fully saturated rings. The zero-order chi connectivity index (χ0) is 21.4. The molecule has 0 bridgehead atoms. The number of rotatable bonds is 5. The summed E-state index contributed by atoms with van der Waals surface area (Å²) in [6.07, 6.45) is 0. The van der Waals surface area contributed by atoms with Crippen molar-refractivity contribution >= 4 is 18.4 Å². The molecule has 3 aromatic rings. The molecule has 33 heavy (non-hydrogen) atoms. The maximum atomic E-state index is 2.53. The quantitative estimate of drug-likeness (QED) is 0.299. The summed E-state index contributed by atoms with van der Waals surface area (Å²) in [6.45, 7) is 9.55. The monoisotopic (exact) mass is 546 g/mol. The van der Waals surface area contributed by atoms with Crippen molar-refractivity contribution in [2.75, 3.05) is 0 Å². The molecule has 3 aromatic carbocycles. The number of allylic oxidation sites excluding steroid dienone is 4. The molecule has 0 amide bonds. The van der Waals surface area contributed by atoms with Crippen LogP contribution in [0.4, 0.5) is 0 Å². The Hall–Kier alpha value is -1.06. The first kappa shape index (κ1) is 30.0. The summed E-state index contributed by atoms with van der Waals surface area (Å²) in [4.78, 5) is 0. The van der Waals surface area contributed by atoms with Crippen LogP contribution in [0.2, 0.25) is 5.04 Å². The molecular weight excluding hydrogens is 519 g/mol. The number of hydrogen-bond donors (Lipinski definition) is 0. The van der Waals surface area contributed by atoms with E-state index in [1.54, 1.807) is 9.45 Å². The molecule has 1 atom stereocenters. The fourth-order valence-electron chi connectivity index (χ4n) is 5.41. The van der Waals surface area contributed by atoms with Crippen molar-refractivity contribution in [3.63, 3.8) is 0 Å². The van der Waals surface area contributed by atoms with Gasteiger partial charge in [0.2, 0.25) is 0 Å². The second kappa shape index (κ2) is 12.1. The number of hydrogen-bond acceptors (Lipinski definition) is 0. The van der Waals surface area contributed by atoms with E-state index in [1.165, 1.54) is 27.1 Å². The van der Waals surface area contributed by atoms with E-state index in [0.29, 0.717) is 0 Å². The van der Waals surface area contributed by atoms with E-state index in [-0.39, 0.29) is 42.3 Å². The summed E-state index contributed by atoms with van der Waals surface area (Å²) in [5, 5.41) is 3.06. The first-order valence-electron chi connectivity index (χ1n) is 10.7. The molecule has 0 N–H and O–H groups in total. The van der Waals surface area contributed by atoms with Crippen LogP contribution >= 0.6 is 0 Å². The van der Waals surface area contributed by atoms with Gasteiger partial charge >= 0.3 is 195 Å². The first-order valence-corrected chi connectivity index (χ1v) is 13.7. The van der Waals surface area contributed by atoms with Gasteiger partial charge < -0.3 is 37.2 Å². The third kappa shape index (κ3) is 4.87. The molecule has 0 heterocycles. The van der Waals surface area contributed by atoms with E-state index >= 15 is 0 Å². The molecule has 1 aliphatic carbocycles.